The van der Waals surface area contributed by atoms with Crippen molar-refractivity contribution in [1.82, 2.24) is 0 Å². The first-order valence-electron chi connectivity index (χ1n) is 18.4. The van der Waals surface area contributed by atoms with Gasteiger partial charge in [0.25, 0.3) is 0 Å². The first kappa shape index (κ1) is 40.6. The van der Waals surface area contributed by atoms with Crippen LogP contribution in [0.2, 0.25) is 0 Å². The third-order valence-corrected chi connectivity index (χ3v) is 10.9. The lowest BCUT2D eigenvalue weighted by atomic mass is 10.0. The zero-order chi connectivity index (χ0) is 28.9. The number of aliphatic hydroxyl groups excluding tert-OH is 2. The van der Waals surface area contributed by atoms with Crippen molar-refractivity contribution in [2.45, 2.75) is 205 Å². The molecule has 0 heterocycles. The van der Waals surface area contributed by atoms with Crippen molar-refractivity contribution in [1.29, 1.82) is 0 Å². The Morgan fingerprint density at radius 3 is 0.525 bits per heavy atom. The number of aliphatic hydroxyl groups is 2. The Hall–Kier alpha value is 0.620. The Bertz CT molecular complexity index is 384. The highest BCUT2D eigenvalue weighted by Gasteiger charge is 1.98. The third-order valence-electron chi connectivity index (χ3n) is 8.35. The van der Waals surface area contributed by atoms with E-state index in [0.29, 0.717) is 13.2 Å². The molecule has 0 aromatic rings. The molecular weight excluding hydrogens is 529 g/mol. The molecule has 0 rings (SSSR count). The Morgan fingerprint density at radius 1 is 0.200 bits per heavy atom. The maximum Gasteiger partial charge on any atom is 0.0431 e. The minimum Gasteiger partial charge on any atom is -0.396 e. The van der Waals surface area contributed by atoms with E-state index in [1.165, 1.54) is 204 Å². The Labute approximate surface area is 261 Å². The second-order valence-electron chi connectivity index (χ2n) is 12.4. The SMILES string of the molecule is OCCCCCCCCCCCCCCCCCCSSCCCCCCCCCCCCCCCCCCO. The van der Waals surface area contributed by atoms with Crippen LogP contribution in [0.1, 0.15) is 205 Å². The average molecular weight is 603 g/mol. The fraction of sp³-hybridized carbons (Fsp3) is 1.00. The molecule has 0 saturated carbocycles. The van der Waals surface area contributed by atoms with Crippen molar-refractivity contribution in [3.8, 4) is 0 Å². The van der Waals surface area contributed by atoms with Crippen molar-refractivity contribution in [3.05, 3.63) is 0 Å². The van der Waals surface area contributed by atoms with E-state index in [9.17, 15) is 0 Å². The highest BCUT2D eigenvalue weighted by molar-refractivity contribution is 8.76. The molecule has 0 saturated heterocycles. The minimum atomic E-state index is 0.370. The summed E-state index contributed by atoms with van der Waals surface area (Å²) in [5.41, 5.74) is 0. The lowest BCUT2D eigenvalue weighted by Gasteiger charge is -2.04. The van der Waals surface area contributed by atoms with Crippen LogP contribution in [0, 0.1) is 0 Å². The van der Waals surface area contributed by atoms with Gasteiger partial charge in [0, 0.05) is 24.7 Å². The minimum absolute atomic E-state index is 0.370. The van der Waals surface area contributed by atoms with Crippen LogP contribution in [0.25, 0.3) is 0 Å². The lowest BCUT2D eigenvalue weighted by Crippen LogP contribution is -1.86. The van der Waals surface area contributed by atoms with Gasteiger partial charge in [-0.3, -0.25) is 0 Å². The van der Waals surface area contributed by atoms with Crippen molar-refractivity contribution in [3.63, 3.8) is 0 Å². The predicted molar refractivity (Wildman–Crippen MR) is 187 cm³/mol. The van der Waals surface area contributed by atoms with Crippen LogP contribution in [0.5, 0.6) is 0 Å². The molecule has 0 aromatic carbocycles. The Morgan fingerprint density at radius 2 is 0.350 bits per heavy atom. The molecule has 0 spiro atoms. The van der Waals surface area contributed by atoms with Gasteiger partial charge in [0.2, 0.25) is 0 Å². The molecule has 0 fully saturated rings. The molecule has 242 valence electrons. The van der Waals surface area contributed by atoms with Crippen LogP contribution in [0.4, 0.5) is 0 Å². The van der Waals surface area contributed by atoms with Gasteiger partial charge in [-0.2, -0.15) is 0 Å². The van der Waals surface area contributed by atoms with Crippen LogP contribution in [-0.2, 0) is 0 Å². The topological polar surface area (TPSA) is 40.5 Å². The zero-order valence-electron chi connectivity index (χ0n) is 27.2. The highest BCUT2D eigenvalue weighted by atomic mass is 33.1. The highest BCUT2D eigenvalue weighted by Crippen LogP contribution is 2.25. The summed E-state index contributed by atoms with van der Waals surface area (Å²) in [6.45, 7) is 0.741. The molecule has 0 aliphatic rings. The summed E-state index contributed by atoms with van der Waals surface area (Å²) in [4.78, 5) is 0. The average Bonchev–Trinajstić information content (AvgIpc) is 2.97. The zero-order valence-corrected chi connectivity index (χ0v) is 28.8. The summed E-state index contributed by atoms with van der Waals surface area (Å²) in [6, 6.07) is 0. The second kappa shape index (κ2) is 39.6. The van der Waals surface area contributed by atoms with Gasteiger partial charge in [-0.05, 0) is 25.7 Å². The van der Waals surface area contributed by atoms with Gasteiger partial charge in [0.1, 0.15) is 0 Å². The Kier molecular flexibility index (Phi) is 40.2. The van der Waals surface area contributed by atoms with E-state index >= 15 is 0 Å². The molecule has 2 N–H and O–H groups in total. The maximum atomic E-state index is 8.79. The van der Waals surface area contributed by atoms with E-state index in [1.807, 2.05) is 0 Å². The molecule has 2 nitrogen and oxygen atoms in total. The molecule has 0 unspecified atom stereocenters. The molecule has 0 radical (unpaired) electrons. The number of hydrogen-bond donors (Lipinski definition) is 2. The van der Waals surface area contributed by atoms with E-state index in [1.54, 1.807) is 0 Å². The first-order chi connectivity index (χ1) is 19.9. The Balaban J connectivity index is 3.01. The van der Waals surface area contributed by atoms with Gasteiger partial charge < -0.3 is 10.2 Å². The largest absolute Gasteiger partial charge is 0.396 e. The van der Waals surface area contributed by atoms with Crippen LogP contribution in [0.15, 0.2) is 0 Å². The monoisotopic (exact) mass is 603 g/mol. The molecular formula is C36H74O2S2. The summed E-state index contributed by atoms with van der Waals surface area (Å²) in [6.07, 6.45) is 44.4. The molecule has 40 heavy (non-hydrogen) atoms. The summed E-state index contributed by atoms with van der Waals surface area (Å²) < 4.78 is 0. The van der Waals surface area contributed by atoms with Gasteiger partial charge in [-0.15, -0.1) is 0 Å². The number of hydrogen-bond acceptors (Lipinski definition) is 4. The van der Waals surface area contributed by atoms with Gasteiger partial charge in [0.05, 0.1) is 0 Å². The molecule has 0 bridgehead atoms. The van der Waals surface area contributed by atoms with E-state index in [0.717, 1.165) is 12.8 Å². The van der Waals surface area contributed by atoms with Crippen LogP contribution >= 0.6 is 21.6 Å². The maximum absolute atomic E-state index is 8.79. The normalized spacial score (nSPS) is 11.6. The fourth-order valence-corrected chi connectivity index (χ4v) is 7.91. The quantitative estimate of drug-likeness (QED) is 0.0548. The van der Waals surface area contributed by atoms with Crippen molar-refractivity contribution < 1.29 is 10.2 Å². The van der Waals surface area contributed by atoms with Gasteiger partial charge >= 0.3 is 0 Å². The van der Waals surface area contributed by atoms with Gasteiger partial charge in [-0.1, -0.05) is 201 Å². The number of rotatable bonds is 37. The van der Waals surface area contributed by atoms with Crippen molar-refractivity contribution in [2.24, 2.45) is 0 Å². The van der Waals surface area contributed by atoms with E-state index in [-0.39, 0.29) is 0 Å². The summed E-state index contributed by atoms with van der Waals surface area (Å²) in [5, 5.41) is 17.6. The van der Waals surface area contributed by atoms with Gasteiger partial charge in [0.15, 0.2) is 0 Å². The standard InChI is InChI=1S/C36H74O2S2/c37-33-29-25-21-17-13-9-5-1-3-7-11-15-19-23-27-31-35-39-40-36-32-28-24-20-16-12-8-4-2-6-10-14-18-22-26-30-34-38/h37-38H,1-36H2. The van der Waals surface area contributed by atoms with E-state index in [2.05, 4.69) is 21.6 Å². The molecule has 4 heteroatoms. The van der Waals surface area contributed by atoms with Gasteiger partial charge in [-0.25, -0.2) is 0 Å². The van der Waals surface area contributed by atoms with Crippen LogP contribution in [-0.4, -0.2) is 34.9 Å². The van der Waals surface area contributed by atoms with Crippen LogP contribution in [0.3, 0.4) is 0 Å². The molecule has 0 atom stereocenters. The molecule has 0 aromatic heterocycles. The molecule has 0 aliphatic heterocycles. The van der Waals surface area contributed by atoms with E-state index < -0.39 is 0 Å². The van der Waals surface area contributed by atoms with E-state index in [4.69, 9.17) is 10.2 Å². The predicted octanol–water partition coefficient (Wildman–Crippen LogP) is 12.8. The fourth-order valence-electron chi connectivity index (χ4n) is 5.61. The summed E-state index contributed by atoms with van der Waals surface area (Å²) in [7, 11) is 4.25. The van der Waals surface area contributed by atoms with Crippen molar-refractivity contribution >= 4 is 21.6 Å². The molecule has 0 amide bonds. The lowest BCUT2D eigenvalue weighted by molar-refractivity contribution is 0.282. The summed E-state index contributed by atoms with van der Waals surface area (Å²) >= 11 is 0. The second-order valence-corrected chi connectivity index (χ2v) is 15.1. The summed E-state index contributed by atoms with van der Waals surface area (Å²) in [5.74, 6) is 2.72. The molecule has 0 aliphatic carbocycles. The third kappa shape index (κ3) is 38.6. The smallest absolute Gasteiger partial charge is 0.0431 e. The van der Waals surface area contributed by atoms with Crippen LogP contribution < -0.4 is 0 Å². The first-order valence-corrected chi connectivity index (χ1v) is 20.9. The van der Waals surface area contributed by atoms with Crippen molar-refractivity contribution in [2.75, 3.05) is 24.7 Å². The number of unbranched alkanes of at least 4 members (excludes halogenated alkanes) is 30.